The van der Waals surface area contributed by atoms with E-state index < -0.39 is 4.92 Å². The maximum atomic E-state index is 13.4. The van der Waals surface area contributed by atoms with Crippen molar-refractivity contribution in [3.63, 3.8) is 0 Å². The van der Waals surface area contributed by atoms with E-state index in [4.69, 9.17) is 11.6 Å². The quantitative estimate of drug-likeness (QED) is 0.517. The van der Waals surface area contributed by atoms with Crippen LogP contribution in [0.2, 0.25) is 5.02 Å². The van der Waals surface area contributed by atoms with Gasteiger partial charge in [-0.1, -0.05) is 30.7 Å². The molecule has 0 unspecified atom stereocenters. The van der Waals surface area contributed by atoms with Gasteiger partial charge in [0.25, 0.3) is 11.6 Å². The van der Waals surface area contributed by atoms with E-state index in [0.29, 0.717) is 42.7 Å². The summed E-state index contributed by atoms with van der Waals surface area (Å²) in [7, 11) is 0. The molecule has 2 aromatic carbocycles. The molecule has 0 N–H and O–H groups in total. The highest BCUT2D eigenvalue weighted by molar-refractivity contribution is 6.33. The van der Waals surface area contributed by atoms with E-state index in [1.165, 1.54) is 12.1 Å². The maximum Gasteiger partial charge on any atom is 0.270 e. The van der Waals surface area contributed by atoms with Gasteiger partial charge in [0.2, 0.25) is 0 Å². The number of carbonyl (C=O) groups excluding carboxylic acids is 1. The van der Waals surface area contributed by atoms with Gasteiger partial charge in [-0.15, -0.1) is 0 Å². The van der Waals surface area contributed by atoms with Crippen LogP contribution in [-0.2, 0) is 0 Å². The Morgan fingerprint density at radius 3 is 2.26 bits per heavy atom. The summed E-state index contributed by atoms with van der Waals surface area (Å²) in [5.74, 6) is 0.516. The standard InChI is InChI=1S/C23H27ClN4O3/c1-17-8-10-25(11-9-17)21-7-6-18(28(30)31)16-19(21)23(29)27-14-12-26(13-15-27)22-5-3-2-4-20(22)24/h2-7,16-17H,8-15H2,1H3. The van der Waals surface area contributed by atoms with Crippen LogP contribution >= 0.6 is 11.6 Å². The van der Waals surface area contributed by atoms with E-state index in [1.807, 2.05) is 24.3 Å². The molecule has 2 aliphatic heterocycles. The molecule has 2 aliphatic rings. The highest BCUT2D eigenvalue weighted by Gasteiger charge is 2.28. The minimum atomic E-state index is -0.436. The largest absolute Gasteiger partial charge is 0.371 e. The van der Waals surface area contributed by atoms with Crippen LogP contribution in [0.25, 0.3) is 0 Å². The minimum Gasteiger partial charge on any atom is -0.371 e. The second-order valence-corrected chi connectivity index (χ2v) is 8.77. The van der Waals surface area contributed by atoms with E-state index in [1.54, 1.807) is 11.0 Å². The molecule has 0 radical (unpaired) electrons. The first-order valence-corrected chi connectivity index (χ1v) is 11.1. The SMILES string of the molecule is CC1CCN(c2ccc([N+](=O)[O-])cc2C(=O)N2CCN(c3ccccc3Cl)CC2)CC1. The molecule has 0 atom stereocenters. The van der Waals surface area contributed by atoms with Crippen LogP contribution in [0.4, 0.5) is 17.1 Å². The summed E-state index contributed by atoms with van der Waals surface area (Å²) >= 11 is 6.32. The minimum absolute atomic E-state index is 0.0489. The van der Waals surface area contributed by atoms with Gasteiger partial charge in [0.05, 0.1) is 26.9 Å². The van der Waals surface area contributed by atoms with E-state index in [2.05, 4.69) is 16.7 Å². The third-order valence-corrected chi connectivity index (χ3v) is 6.63. The van der Waals surface area contributed by atoms with Gasteiger partial charge in [0.15, 0.2) is 0 Å². The molecule has 0 spiro atoms. The number of para-hydroxylation sites is 1. The summed E-state index contributed by atoms with van der Waals surface area (Å²) < 4.78 is 0. The average Bonchev–Trinajstić information content (AvgIpc) is 2.79. The molecular weight excluding hydrogens is 416 g/mol. The summed E-state index contributed by atoms with van der Waals surface area (Å²) in [6.45, 7) is 6.38. The zero-order chi connectivity index (χ0) is 22.0. The molecule has 0 aliphatic carbocycles. The number of piperazine rings is 1. The predicted octanol–water partition coefficient (Wildman–Crippen LogP) is 4.45. The molecule has 0 aromatic heterocycles. The van der Waals surface area contributed by atoms with Gasteiger partial charge < -0.3 is 14.7 Å². The van der Waals surface area contributed by atoms with E-state index >= 15 is 0 Å². The number of hydrogen-bond acceptors (Lipinski definition) is 5. The molecule has 4 rings (SSSR count). The smallest absolute Gasteiger partial charge is 0.270 e. The summed E-state index contributed by atoms with van der Waals surface area (Å²) in [5.41, 5.74) is 2.15. The van der Waals surface area contributed by atoms with Crippen LogP contribution in [0, 0.1) is 16.0 Å². The third kappa shape index (κ3) is 4.61. The van der Waals surface area contributed by atoms with Crippen molar-refractivity contribution in [2.24, 2.45) is 5.92 Å². The van der Waals surface area contributed by atoms with Crippen LogP contribution < -0.4 is 9.80 Å². The molecule has 2 aromatic rings. The van der Waals surface area contributed by atoms with Crippen molar-refractivity contribution in [1.82, 2.24) is 4.90 Å². The number of rotatable bonds is 4. The van der Waals surface area contributed by atoms with E-state index in [-0.39, 0.29) is 11.6 Å². The van der Waals surface area contributed by atoms with Gasteiger partial charge in [0, 0.05) is 51.4 Å². The summed E-state index contributed by atoms with van der Waals surface area (Å²) in [4.78, 5) is 30.5. The number of hydrogen-bond donors (Lipinski definition) is 0. The third-order valence-electron chi connectivity index (χ3n) is 6.31. The number of nitro benzene ring substituents is 1. The first-order valence-electron chi connectivity index (χ1n) is 10.8. The molecule has 8 heteroatoms. The number of nitro groups is 1. The zero-order valence-corrected chi connectivity index (χ0v) is 18.4. The van der Waals surface area contributed by atoms with Crippen molar-refractivity contribution >= 4 is 34.6 Å². The summed E-state index contributed by atoms with van der Waals surface area (Å²) in [5, 5.41) is 12.1. The molecule has 164 valence electrons. The Kier molecular flexibility index (Phi) is 6.32. The second kappa shape index (κ2) is 9.14. The Morgan fingerprint density at radius 1 is 0.968 bits per heavy atom. The highest BCUT2D eigenvalue weighted by Crippen LogP contribution is 2.31. The van der Waals surface area contributed by atoms with E-state index in [0.717, 1.165) is 37.3 Å². The molecule has 0 bridgehead atoms. The number of anilines is 2. The number of non-ortho nitro benzene ring substituents is 1. The van der Waals surface area contributed by atoms with Gasteiger partial charge in [-0.3, -0.25) is 14.9 Å². The van der Waals surface area contributed by atoms with Crippen molar-refractivity contribution in [3.8, 4) is 0 Å². The number of carbonyl (C=O) groups is 1. The highest BCUT2D eigenvalue weighted by atomic mass is 35.5. The average molecular weight is 443 g/mol. The lowest BCUT2D eigenvalue weighted by Crippen LogP contribution is -2.49. The molecule has 2 fully saturated rings. The topological polar surface area (TPSA) is 69.9 Å². The number of halogens is 1. The van der Waals surface area contributed by atoms with Crippen molar-refractivity contribution in [2.45, 2.75) is 19.8 Å². The Morgan fingerprint density at radius 2 is 1.61 bits per heavy atom. The number of piperidine rings is 1. The van der Waals surface area contributed by atoms with Crippen LogP contribution in [0.5, 0.6) is 0 Å². The van der Waals surface area contributed by atoms with Crippen molar-refractivity contribution in [2.75, 3.05) is 49.1 Å². The number of benzene rings is 2. The van der Waals surface area contributed by atoms with Gasteiger partial charge in [-0.2, -0.15) is 0 Å². The Hall–Kier alpha value is -2.80. The maximum absolute atomic E-state index is 13.4. The first-order chi connectivity index (χ1) is 14.9. The van der Waals surface area contributed by atoms with Crippen molar-refractivity contribution in [3.05, 3.63) is 63.2 Å². The molecule has 2 heterocycles. The molecule has 7 nitrogen and oxygen atoms in total. The lowest BCUT2D eigenvalue weighted by atomic mass is 9.97. The monoisotopic (exact) mass is 442 g/mol. The summed E-state index contributed by atoms with van der Waals surface area (Å²) in [6.07, 6.45) is 2.11. The van der Waals surface area contributed by atoms with Crippen LogP contribution in [0.15, 0.2) is 42.5 Å². The first kappa shape index (κ1) is 21.4. The van der Waals surface area contributed by atoms with Crippen LogP contribution in [-0.4, -0.2) is 55.0 Å². The van der Waals surface area contributed by atoms with Gasteiger partial charge in [0.1, 0.15) is 0 Å². The molecular formula is C23H27ClN4O3. The molecule has 1 amide bonds. The Bertz CT molecular complexity index is 967. The lowest BCUT2D eigenvalue weighted by Gasteiger charge is -2.38. The Balaban J connectivity index is 1.54. The zero-order valence-electron chi connectivity index (χ0n) is 17.7. The number of nitrogens with zero attached hydrogens (tertiary/aromatic N) is 4. The van der Waals surface area contributed by atoms with Crippen molar-refractivity contribution < 1.29 is 9.72 Å². The van der Waals surface area contributed by atoms with Crippen LogP contribution in [0.3, 0.4) is 0 Å². The normalized spacial score (nSPS) is 17.7. The fourth-order valence-electron chi connectivity index (χ4n) is 4.36. The van der Waals surface area contributed by atoms with Gasteiger partial charge >= 0.3 is 0 Å². The fraction of sp³-hybridized carbons (Fsp3) is 0.435. The summed E-state index contributed by atoms with van der Waals surface area (Å²) in [6, 6.07) is 12.4. The molecule has 0 saturated carbocycles. The number of amides is 1. The molecule has 31 heavy (non-hydrogen) atoms. The Labute approximate surface area is 187 Å². The van der Waals surface area contributed by atoms with E-state index in [9.17, 15) is 14.9 Å². The lowest BCUT2D eigenvalue weighted by molar-refractivity contribution is -0.384. The van der Waals surface area contributed by atoms with Gasteiger partial charge in [-0.05, 0) is 37.0 Å². The fourth-order valence-corrected chi connectivity index (χ4v) is 4.62. The predicted molar refractivity (Wildman–Crippen MR) is 123 cm³/mol. The van der Waals surface area contributed by atoms with Gasteiger partial charge in [-0.25, -0.2) is 0 Å². The molecule has 2 saturated heterocycles. The van der Waals surface area contributed by atoms with Crippen LogP contribution in [0.1, 0.15) is 30.1 Å². The second-order valence-electron chi connectivity index (χ2n) is 8.36. The van der Waals surface area contributed by atoms with Crippen molar-refractivity contribution in [1.29, 1.82) is 0 Å².